The number of aromatic nitrogens is 1. The molecule has 1 aromatic heterocycles. The Morgan fingerprint density at radius 2 is 1.71 bits per heavy atom. The van der Waals surface area contributed by atoms with Crippen LogP contribution < -0.4 is 5.56 Å². The Hall–Kier alpha value is -2.14. The van der Waals surface area contributed by atoms with E-state index in [0.29, 0.717) is 5.70 Å². The lowest BCUT2D eigenvalue weighted by atomic mass is 10.1. The van der Waals surface area contributed by atoms with Crippen LogP contribution >= 0.6 is 15.9 Å². The number of likely N-dealkylation sites (tertiary alicyclic amines) is 1. The number of halogens is 1. The molecule has 0 radical (unpaired) electrons. The maximum Gasteiger partial charge on any atom is 0.270 e. The molecule has 5 heteroatoms. The van der Waals surface area contributed by atoms with Gasteiger partial charge in [-0.15, -0.1) is 0 Å². The average Bonchev–Trinajstić information content (AvgIpc) is 2.62. The summed E-state index contributed by atoms with van der Waals surface area (Å²) in [6, 6.07) is 12.6. The predicted octanol–water partition coefficient (Wildman–Crippen LogP) is 3.62. The summed E-state index contributed by atoms with van der Waals surface area (Å²) < 4.78 is 2.40. The fourth-order valence-electron chi connectivity index (χ4n) is 2.84. The molecule has 2 heterocycles. The highest BCUT2D eigenvalue weighted by Gasteiger charge is 2.22. The van der Waals surface area contributed by atoms with Crippen LogP contribution in [0.25, 0.3) is 11.8 Å². The van der Waals surface area contributed by atoms with Crippen LogP contribution in [0.5, 0.6) is 0 Å². The van der Waals surface area contributed by atoms with Crippen LogP contribution in [0.4, 0.5) is 0 Å². The molecule has 3 rings (SSSR count). The Labute approximate surface area is 149 Å². The van der Waals surface area contributed by atoms with E-state index in [1.165, 1.54) is 10.6 Å². The molecule has 1 amide bonds. The van der Waals surface area contributed by atoms with Crippen molar-refractivity contribution >= 4 is 33.6 Å². The molecule has 0 aliphatic carbocycles. The van der Waals surface area contributed by atoms with E-state index < -0.39 is 0 Å². The van der Waals surface area contributed by atoms with Crippen molar-refractivity contribution < 1.29 is 4.79 Å². The van der Waals surface area contributed by atoms with Crippen molar-refractivity contribution in [2.24, 2.45) is 0 Å². The summed E-state index contributed by atoms with van der Waals surface area (Å²) in [6.45, 7) is 1.50. The molecule has 2 aromatic rings. The second-order valence-corrected chi connectivity index (χ2v) is 6.76. The first kappa shape index (κ1) is 16.7. The molecular weight excluding hydrogens is 368 g/mol. The van der Waals surface area contributed by atoms with Crippen LogP contribution in [0, 0.1) is 0 Å². The molecule has 0 bridgehead atoms. The second-order valence-electron chi connectivity index (χ2n) is 5.84. The second kappa shape index (κ2) is 7.62. The fourth-order valence-corrected chi connectivity index (χ4v) is 3.10. The highest BCUT2D eigenvalue weighted by Crippen LogP contribution is 2.18. The molecule has 0 atom stereocenters. The van der Waals surface area contributed by atoms with Gasteiger partial charge in [0.1, 0.15) is 5.70 Å². The Bertz CT molecular complexity index is 803. The molecule has 1 aromatic carbocycles. The zero-order chi connectivity index (χ0) is 16.9. The van der Waals surface area contributed by atoms with Crippen LogP contribution in [-0.4, -0.2) is 28.5 Å². The number of pyridine rings is 1. The number of hydrogen-bond donors (Lipinski definition) is 0. The van der Waals surface area contributed by atoms with Crippen LogP contribution in [0.15, 0.2) is 57.9 Å². The van der Waals surface area contributed by atoms with Crippen molar-refractivity contribution in [1.82, 2.24) is 9.47 Å². The molecule has 124 valence electrons. The number of carbonyl (C=O) groups is 1. The maximum atomic E-state index is 13.0. The van der Waals surface area contributed by atoms with Crippen LogP contribution in [-0.2, 0) is 4.79 Å². The number of carbonyl (C=O) groups excluding carboxylic acids is 1. The molecule has 0 saturated carbocycles. The predicted molar refractivity (Wildman–Crippen MR) is 99.4 cm³/mol. The molecule has 24 heavy (non-hydrogen) atoms. The Morgan fingerprint density at radius 3 is 2.38 bits per heavy atom. The van der Waals surface area contributed by atoms with Gasteiger partial charge >= 0.3 is 0 Å². The lowest BCUT2D eigenvalue weighted by Crippen LogP contribution is -2.38. The topological polar surface area (TPSA) is 42.3 Å². The first-order valence-electron chi connectivity index (χ1n) is 8.10. The van der Waals surface area contributed by atoms with E-state index in [9.17, 15) is 9.59 Å². The quantitative estimate of drug-likeness (QED) is 0.755. The third-order valence-corrected chi connectivity index (χ3v) is 4.65. The molecule has 1 aliphatic rings. The van der Waals surface area contributed by atoms with Crippen molar-refractivity contribution in [3.05, 3.63) is 69.1 Å². The van der Waals surface area contributed by atoms with E-state index in [0.717, 1.165) is 42.4 Å². The van der Waals surface area contributed by atoms with Gasteiger partial charge in [-0.2, -0.15) is 0 Å². The average molecular weight is 387 g/mol. The zero-order valence-electron chi connectivity index (χ0n) is 13.3. The van der Waals surface area contributed by atoms with Crippen molar-refractivity contribution in [2.45, 2.75) is 19.3 Å². The molecule has 0 unspecified atom stereocenters. The van der Waals surface area contributed by atoms with Crippen LogP contribution in [0.2, 0.25) is 0 Å². The summed E-state index contributed by atoms with van der Waals surface area (Å²) in [6.07, 6.45) is 6.61. The van der Waals surface area contributed by atoms with Gasteiger partial charge in [0.2, 0.25) is 0 Å². The van der Waals surface area contributed by atoms with Gasteiger partial charge in [0.15, 0.2) is 0 Å². The van der Waals surface area contributed by atoms with E-state index in [4.69, 9.17) is 0 Å². The minimum atomic E-state index is -0.203. The van der Waals surface area contributed by atoms with Gasteiger partial charge in [-0.25, -0.2) is 0 Å². The number of nitrogens with zero attached hydrogens (tertiary/aromatic N) is 2. The SMILES string of the molecule is O=C(C(=Cc1ccc(Br)cc1)n1ccccc1=O)N1CCCCC1. The maximum absolute atomic E-state index is 13.0. The molecular formula is C19H19BrN2O2. The van der Waals surface area contributed by atoms with Gasteiger partial charge in [0, 0.05) is 29.8 Å². The molecule has 1 saturated heterocycles. The van der Waals surface area contributed by atoms with Gasteiger partial charge in [-0.05, 0) is 49.1 Å². The number of benzene rings is 1. The van der Waals surface area contributed by atoms with Crippen molar-refractivity contribution in [3.8, 4) is 0 Å². The number of piperidine rings is 1. The van der Waals surface area contributed by atoms with Gasteiger partial charge in [-0.1, -0.05) is 34.1 Å². The highest BCUT2D eigenvalue weighted by molar-refractivity contribution is 9.10. The highest BCUT2D eigenvalue weighted by atomic mass is 79.9. The van der Waals surface area contributed by atoms with Gasteiger partial charge in [0.25, 0.3) is 11.5 Å². The third-order valence-electron chi connectivity index (χ3n) is 4.12. The van der Waals surface area contributed by atoms with Gasteiger partial charge < -0.3 is 4.90 Å². The summed E-state index contributed by atoms with van der Waals surface area (Å²) in [5.74, 6) is -0.0917. The molecule has 1 aliphatic heterocycles. The summed E-state index contributed by atoms with van der Waals surface area (Å²) in [5, 5.41) is 0. The van der Waals surface area contributed by atoms with Crippen LogP contribution in [0.3, 0.4) is 0 Å². The first-order chi connectivity index (χ1) is 11.6. The summed E-state index contributed by atoms with van der Waals surface area (Å²) in [4.78, 5) is 27.1. The molecule has 0 spiro atoms. The van der Waals surface area contributed by atoms with Gasteiger partial charge in [0.05, 0.1) is 0 Å². The summed E-state index contributed by atoms with van der Waals surface area (Å²) in [5.41, 5.74) is 1.07. The standard InChI is InChI=1S/C19H19BrN2O2/c20-16-9-7-15(8-10-16)14-17(22-13-5-2-6-18(22)23)19(24)21-11-3-1-4-12-21/h2,5-10,13-14H,1,3-4,11-12H2. The minimum absolute atomic E-state index is 0.0917. The van der Waals surface area contributed by atoms with Crippen LogP contribution in [0.1, 0.15) is 24.8 Å². The largest absolute Gasteiger partial charge is 0.337 e. The zero-order valence-corrected chi connectivity index (χ0v) is 14.9. The van der Waals surface area contributed by atoms with E-state index in [1.54, 1.807) is 24.4 Å². The Balaban J connectivity index is 2.03. The minimum Gasteiger partial charge on any atom is -0.337 e. The Kier molecular flexibility index (Phi) is 5.30. The monoisotopic (exact) mass is 386 g/mol. The molecule has 1 fully saturated rings. The first-order valence-corrected chi connectivity index (χ1v) is 8.89. The summed E-state index contributed by atoms with van der Waals surface area (Å²) in [7, 11) is 0. The van der Waals surface area contributed by atoms with Crippen molar-refractivity contribution in [2.75, 3.05) is 13.1 Å². The van der Waals surface area contributed by atoms with Crippen molar-refractivity contribution in [3.63, 3.8) is 0 Å². The lowest BCUT2D eigenvalue weighted by Gasteiger charge is -2.28. The number of amides is 1. The normalized spacial score (nSPS) is 15.4. The van der Waals surface area contributed by atoms with E-state index in [2.05, 4.69) is 15.9 Å². The lowest BCUT2D eigenvalue weighted by molar-refractivity contribution is -0.126. The summed E-state index contributed by atoms with van der Waals surface area (Å²) >= 11 is 3.41. The molecule has 0 N–H and O–H groups in total. The van der Waals surface area contributed by atoms with Crippen molar-refractivity contribution in [1.29, 1.82) is 0 Å². The third kappa shape index (κ3) is 3.85. The fraction of sp³-hybridized carbons (Fsp3) is 0.263. The molecule has 4 nitrogen and oxygen atoms in total. The smallest absolute Gasteiger partial charge is 0.270 e. The van der Waals surface area contributed by atoms with Gasteiger partial charge in [-0.3, -0.25) is 14.2 Å². The van der Waals surface area contributed by atoms with E-state index >= 15 is 0 Å². The number of hydrogen-bond acceptors (Lipinski definition) is 2. The number of rotatable bonds is 3. The Morgan fingerprint density at radius 1 is 1.00 bits per heavy atom. The van der Waals surface area contributed by atoms with E-state index in [1.807, 2.05) is 29.2 Å². The van der Waals surface area contributed by atoms with E-state index in [-0.39, 0.29) is 11.5 Å².